The summed E-state index contributed by atoms with van der Waals surface area (Å²) in [6.45, 7) is 6.16. The van der Waals surface area contributed by atoms with Gasteiger partial charge in [-0.05, 0) is 57.0 Å². The second-order valence-corrected chi connectivity index (χ2v) is 8.71. The summed E-state index contributed by atoms with van der Waals surface area (Å²) < 4.78 is 0. The Bertz CT molecular complexity index is 787. The first kappa shape index (κ1) is 19.6. The third kappa shape index (κ3) is 5.42. The number of carbonyl (C=O) groups excluding carboxylic acids is 2. The van der Waals surface area contributed by atoms with E-state index in [1.54, 1.807) is 11.3 Å². The number of ketones is 1. The number of nitrogens with one attached hydrogen (secondary N) is 1. The van der Waals surface area contributed by atoms with Crippen molar-refractivity contribution >= 4 is 34.4 Å². The van der Waals surface area contributed by atoms with Crippen molar-refractivity contribution in [2.75, 3.05) is 23.3 Å². The summed E-state index contributed by atoms with van der Waals surface area (Å²) in [6.07, 6.45) is 5.57. The minimum Gasteiger partial charge on any atom is -0.372 e. The zero-order valence-electron chi connectivity index (χ0n) is 16.2. The Kier molecular flexibility index (Phi) is 6.67. The van der Waals surface area contributed by atoms with E-state index in [9.17, 15) is 9.59 Å². The molecule has 1 amide bonds. The van der Waals surface area contributed by atoms with E-state index >= 15 is 0 Å². The molecule has 0 bridgehead atoms. The predicted octanol–water partition coefficient (Wildman–Crippen LogP) is 5.35. The minimum absolute atomic E-state index is 0.0449. The Morgan fingerprint density at radius 3 is 2.26 bits per heavy atom. The van der Waals surface area contributed by atoms with Gasteiger partial charge in [-0.1, -0.05) is 12.8 Å². The molecule has 1 aromatic heterocycles. The smallest absolute Gasteiger partial charge is 0.224 e. The first-order chi connectivity index (χ1) is 13.0. The Hall–Kier alpha value is -2.14. The van der Waals surface area contributed by atoms with Gasteiger partial charge in [0.25, 0.3) is 0 Å². The molecular weight excluding hydrogens is 356 g/mol. The normalized spacial score (nSPS) is 14.7. The number of hydrogen-bond acceptors (Lipinski definition) is 4. The van der Waals surface area contributed by atoms with Gasteiger partial charge in [-0.3, -0.25) is 9.59 Å². The first-order valence-corrected chi connectivity index (χ1v) is 10.6. The fourth-order valence-corrected chi connectivity index (χ4v) is 4.52. The molecule has 0 unspecified atom stereocenters. The quantitative estimate of drug-likeness (QED) is 0.683. The van der Waals surface area contributed by atoms with Gasteiger partial charge in [-0.2, -0.15) is 0 Å². The van der Waals surface area contributed by atoms with E-state index in [0.717, 1.165) is 34.1 Å². The highest BCUT2D eigenvalue weighted by Crippen LogP contribution is 2.23. The van der Waals surface area contributed by atoms with Gasteiger partial charge in [-0.15, -0.1) is 11.3 Å². The van der Waals surface area contributed by atoms with Gasteiger partial charge >= 0.3 is 0 Å². The largest absolute Gasteiger partial charge is 0.372 e. The highest BCUT2D eigenvalue weighted by Gasteiger charge is 2.14. The van der Waals surface area contributed by atoms with Crippen molar-refractivity contribution in [3.05, 3.63) is 45.6 Å². The number of amides is 1. The number of rotatable bonds is 6. The van der Waals surface area contributed by atoms with E-state index in [1.807, 2.05) is 32.0 Å². The molecule has 1 saturated heterocycles. The fourth-order valence-electron chi connectivity index (χ4n) is 3.58. The van der Waals surface area contributed by atoms with Crippen LogP contribution in [-0.2, 0) is 4.79 Å². The standard InChI is InChI=1S/C22H28N2O2S/c1-16-15-20(17(2)27-16)21(25)11-12-22(26)23-18-7-9-19(10-8-18)24-13-5-3-4-6-14-24/h7-10,15H,3-6,11-14H2,1-2H3,(H,23,26). The Morgan fingerprint density at radius 1 is 1.00 bits per heavy atom. The van der Waals surface area contributed by atoms with Gasteiger partial charge in [0.15, 0.2) is 5.78 Å². The van der Waals surface area contributed by atoms with Crippen LogP contribution in [0.2, 0.25) is 0 Å². The topological polar surface area (TPSA) is 49.4 Å². The second kappa shape index (κ2) is 9.18. The van der Waals surface area contributed by atoms with Gasteiger partial charge in [0, 0.05) is 52.6 Å². The van der Waals surface area contributed by atoms with Crippen molar-refractivity contribution in [3.63, 3.8) is 0 Å². The van der Waals surface area contributed by atoms with Crippen molar-refractivity contribution in [1.82, 2.24) is 0 Å². The summed E-state index contributed by atoms with van der Waals surface area (Å²) in [5, 5.41) is 2.90. The van der Waals surface area contributed by atoms with Crippen LogP contribution in [0.4, 0.5) is 11.4 Å². The Balaban J connectivity index is 1.50. The van der Waals surface area contributed by atoms with Crippen LogP contribution >= 0.6 is 11.3 Å². The molecule has 2 heterocycles. The van der Waals surface area contributed by atoms with Crippen LogP contribution in [0.25, 0.3) is 0 Å². The highest BCUT2D eigenvalue weighted by molar-refractivity contribution is 7.12. The number of Topliss-reactive ketones (excluding diaryl/α,β-unsaturated/α-hetero) is 1. The summed E-state index contributed by atoms with van der Waals surface area (Å²) in [4.78, 5) is 29.1. The van der Waals surface area contributed by atoms with Crippen molar-refractivity contribution < 1.29 is 9.59 Å². The molecular formula is C22H28N2O2S. The van der Waals surface area contributed by atoms with Crippen LogP contribution in [-0.4, -0.2) is 24.8 Å². The molecule has 0 saturated carbocycles. The molecule has 0 spiro atoms. The van der Waals surface area contributed by atoms with Crippen LogP contribution in [0.3, 0.4) is 0 Å². The van der Waals surface area contributed by atoms with Crippen molar-refractivity contribution in [3.8, 4) is 0 Å². The average molecular weight is 385 g/mol. The molecule has 2 aromatic rings. The van der Waals surface area contributed by atoms with E-state index in [2.05, 4.69) is 22.3 Å². The Labute approximate surface area is 165 Å². The molecule has 144 valence electrons. The second-order valence-electron chi connectivity index (χ2n) is 7.25. The summed E-state index contributed by atoms with van der Waals surface area (Å²) in [5.41, 5.74) is 2.76. The number of nitrogens with zero attached hydrogens (tertiary/aromatic N) is 1. The molecule has 0 atom stereocenters. The summed E-state index contributed by atoms with van der Waals surface area (Å²) in [6, 6.07) is 9.97. The molecule has 3 rings (SSSR count). The van der Waals surface area contributed by atoms with E-state index in [1.165, 1.54) is 31.4 Å². The van der Waals surface area contributed by atoms with Crippen LogP contribution < -0.4 is 10.2 Å². The summed E-state index contributed by atoms with van der Waals surface area (Å²) in [7, 11) is 0. The molecule has 1 aliphatic rings. The first-order valence-electron chi connectivity index (χ1n) is 9.78. The van der Waals surface area contributed by atoms with E-state index < -0.39 is 0 Å². The number of carbonyl (C=O) groups is 2. The lowest BCUT2D eigenvalue weighted by Gasteiger charge is -2.22. The SMILES string of the molecule is Cc1cc(C(=O)CCC(=O)Nc2ccc(N3CCCCCC3)cc2)c(C)s1. The monoisotopic (exact) mass is 384 g/mol. The molecule has 1 aliphatic heterocycles. The predicted molar refractivity (Wildman–Crippen MR) is 113 cm³/mol. The zero-order valence-corrected chi connectivity index (χ0v) is 17.0. The maximum Gasteiger partial charge on any atom is 0.224 e. The summed E-state index contributed by atoms with van der Waals surface area (Å²) >= 11 is 1.62. The third-order valence-corrected chi connectivity index (χ3v) is 6.01. The van der Waals surface area contributed by atoms with Crippen molar-refractivity contribution in [2.45, 2.75) is 52.4 Å². The number of aryl methyl sites for hydroxylation is 2. The number of anilines is 2. The van der Waals surface area contributed by atoms with E-state index in [0.29, 0.717) is 0 Å². The van der Waals surface area contributed by atoms with Gasteiger partial charge in [0.2, 0.25) is 5.91 Å². The van der Waals surface area contributed by atoms with E-state index in [-0.39, 0.29) is 24.5 Å². The maximum absolute atomic E-state index is 12.3. The molecule has 4 nitrogen and oxygen atoms in total. The van der Waals surface area contributed by atoms with Crippen LogP contribution in [0.5, 0.6) is 0 Å². The minimum atomic E-state index is -0.115. The molecule has 1 fully saturated rings. The van der Waals surface area contributed by atoms with Crippen LogP contribution in [0, 0.1) is 13.8 Å². The van der Waals surface area contributed by atoms with Gasteiger partial charge in [0.05, 0.1) is 0 Å². The number of benzene rings is 1. The summed E-state index contributed by atoms with van der Waals surface area (Å²) in [5.74, 6) is -0.0704. The van der Waals surface area contributed by atoms with Gasteiger partial charge in [-0.25, -0.2) is 0 Å². The van der Waals surface area contributed by atoms with Crippen LogP contribution in [0.1, 0.15) is 58.6 Å². The molecule has 0 aliphatic carbocycles. The molecule has 27 heavy (non-hydrogen) atoms. The molecule has 1 N–H and O–H groups in total. The fraction of sp³-hybridized carbons (Fsp3) is 0.455. The maximum atomic E-state index is 12.3. The molecule has 5 heteroatoms. The lowest BCUT2D eigenvalue weighted by atomic mass is 10.1. The van der Waals surface area contributed by atoms with Crippen LogP contribution in [0.15, 0.2) is 30.3 Å². The number of hydrogen-bond donors (Lipinski definition) is 1. The molecule has 0 radical (unpaired) electrons. The van der Waals surface area contributed by atoms with Gasteiger partial charge < -0.3 is 10.2 Å². The number of thiophene rings is 1. The van der Waals surface area contributed by atoms with Crippen molar-refractivity contribution in [1.29, 1.82) is 0 Å². The zero-order chi connectivity index (χ0) is 19.2. The van der Waals surface area contributed by atoms with Gasteiger partial charge in [0.1, 0.15) is 0 Å². The third-order valence-electron chi connectivity index (χ3n) is 5.04. The van der Waals surface area contributed by atoms with E-state index in [4.69, 9.17) is 0 Å². The van der Waals surface area contributed by atoms with Crippen molar-refractivity contribution in [2.24, 2.45) is 0 Å². The average Bonchev–Trinajstić information content (AvgIpc) is 2.85. The lowest BCUT2D eigenvalue weighted by molar-refractivity contribution is -0.116. The highest BCUT2D eigenvalue weighted by atomic mass is 32.1. The Morgan fingerprint density at radius 2 is 1.67 bits per heavy atom. The molecule has 1 aromatic carbocycles. The lowest BCUT2D eigenvalue weighted by Crippen LogP contribution is -2.23.